The lowest BCUT2D eigenvalue weighted by Gasteiger charge is -2.27. The molecule has 0 aliphatic heterocycles. The fourth-order valence-corrected chi connectivity index (χ4v) is 3.61. The van der Waals surface area contributed by atoms with E-state index in [2.05, 4.69) is 10.1 Å². The number of urea groups is 1. The lowest BCUT2D eigenvalue weighted by atomic mass is 9.89. The molecule has 9 heteroatoms. The SMILES string of the molecule is COCC(=O)O.O=C(NCC1CCCCC1)N(c1ccccc1)c1cccc(C(F)(F)F)c1. The minimum Gasteiger partial charge on any atom is -0.480 e. The van der Waals surface area contributed by atoms with Crippen molar-refractivity contribution in [3.63, 3.8) is 0 Å². The average molecular weight is 466 g/mol. The predicted octanol–water partition coefficient (Wildman–Crippen LogP) is 5.85. The van der Waals surface area contributed by atoms with E-state index in [1.807, 2.05) is 0 Å². The number of nitrogens with zero attached hydrogens (tertiary/aromatic N) is 1. The predicted molar refractivity (Wildman–Crippen MR) is 120 cm³/mol. The van der Waals surface area contributed by atoms with Gasteiger partial charge in [-0.25, -0.2) is 9.59 Å². The van der Waals surface area contributed by atoms with Gasteiger partial charge in [-0.1, -0.05) is 43.5 Å². The van der Waals surface area contributed by atoms with Gasteiger partial charge >= 0.3 is 18.2 Å². The normalized spacial score (nSPS) is 14.1. The Morgan fingerprint density at radius 3 is 2.21 bits per heavy atom. The molecule has 3 rings (SSSR count). The number of halogens is 3. The lowest BCUT2D eigenvalue weighted by molar-refractivity contribution is -0.141. The number of methoxy groups -OCH3 is 1. The van der Waals surface area contributed by atoms with Crippen LogP contribution < -0.4 is 10.2 Å². The summed E-state index contributed by atoms with van der Waals surface area (Å²) in [5.74, 6) is -0.501. The van der Waals surface area contributed by atoms with Crippen LogP contribution in [-0.2, 0) is 15.7 Å². The highest BCUT2D eigenvalue weighted by molar-refractivity contribution is 5.99. The Morgan fingerprint density at radius 2 is 1.67 bits per heavy atom. The summed E-state index contributed by atoms with van der Waals surface area (Å²) in [6.07, 6.45) is 1.25. The van der Waals surface area contributed by atoms with Crippen molar-refractivity contribution in [1.29, 1.82) is 0 Å². The summed E-state index contributed by atoms with van der Waals surface area (Å²) in [6.45, 7) is 0.334. The third-order valence-electron chi connectivity index (χ3n) is 5.18. The van der Waals surface area contributed by atoms with E-state index in [-0.39, 0.29) is 12.3 Å². The number of anilines is 2. The van der Waals surface area contributed by atoms with Crippen LogP contribution in [0, 0.1) is 5.92 Å². The Bertz CT molecular complexity index is 885. The van der Waals surface area contributed by atoms with E-state index in [0.717, 1.165) is 37.8 Å². The molecule has 33 heavy (non-hydrogen) atoms. The molecule has 1 saturated carbocycles. The number of benzene rings is 2. The Balaban J connectivity index is 0.000000569. The van der Waals surface area contributed by atoms with E-state index in [0.29, 0.717) is 18.2 Å². The molecule has 2 N–H and O–H groups in total. The highest BCUT2D eigenvalue weighted by Crippen LogP contribution is 2.34. The van der Waals surface area contributed by atoms with Crippen LogP contribution in [-0.4, -0.2) is 37.4 Å². The van der Waals surface area contributed by atoms with Gasteiger partial charge in [0.15, 0.2) is 0 Å². The van der Waals surface area contributed by atoms with Crippen LogP contribution in [0.5, 0.6) is 0 Å². The molecule has 0 unspecified atom stereocenters. The van der Waals surface area contributed by atoms with Crippen molar-refractivity contribution in [2.75, 3.05) is 25.2 Å². The summed E-state index contributed by atoms with van der Waals surface area (Å²) in [6, 6.07) is 13.2. The number of carbonyl (C=O) groups is 2. The quantitative estimate of drug-likeness (QED) is 0.560. The molecule has 0 spiro atoms. The fraction of sp³-hybridized carbons (Fsp3) is 0.417. The molecular formula is C24H29F3N2O4. The number of aliphatic carboxylic acids is 1. The molecule has 6 nitrogen and oxygen atoms in total. The summed E-state index contributed by atoms with van der Waals surface area (Å²) in [7, 11) is 1.34. The van der Waals surface area contributed by atoms with Crippen molar-refractivity contribution < 1.29 is 32.6 Å². The number of nitrogens with one attached hydrogen (secondary N) is 1. The first-order valence-electron chi connectivity index (χ1n) is 10.7. The number of alkyl halides is 3. The summed E-state index contributed by atoms with van der Waals surface area (Å²) in [5, 5.41) is 10.7. The van der Waals surface area contributed by atoms with Crippen molar-refractivity contribution >= 4 is 23.4 Å². The molecule has 180 valence electrons. The minimum atomic E-state index is -4.46. The van der Waals surface area contributed by atoms with Gasteiger partial charge in [-0.05, 0) is 49.1 Å². The second-order valence-corrected chi connectivity index (χ2v) is 7.74. The largest absolute Gasteiger partial charge is 0.480 e. The van der Waals surface area contributed by atoms with Gasteiger partial charge in [-0.2, -0.15) is 13.2 Å². The van der Waals surface area contributed by atoms with Gasteiger partial charge in [0.2, 0.25) is 0 Å². The monoisotopic (exact) mass is 466 g/mol. The number of carboxylic acids is 1. The van der Waals surface area contributed by atoms with E-state index in [4.69, 9.17) is 5.11 Å². The van der Waals surface area contributed by atoms with Gasteiger partial charge in [0.05, 0.1) is 16.9 Å². The third kappa shape index (κ3) is 8.76. The van der Waals surface area contributed by atoms with Crippen LogP contribution in [0.1, 0.15) is 37.7 Å². The number of ether oxygens (including phenoxy) is 1. The molecule has 0 saturated heterocycles. The molecule has 1 fully saturated rings. The van der Waals surface area contributed by atoms with Crippen molar-refractivity contribution in [3.05, 3.63) is 60.2 Å². The maximum Gasteiger partial charge on any atom is 0.416 e. The topological polar surface area (TPSA) is 78.9 Å². The first-order valence-corrected chi connectivity index (χ1v) is 10.7. The molecule has 0 heterocycles. The molecule has 0 bridgehead atoms. The summed E-state index contributed by atoms with van der Waals surface area (Å²) in [4.78, 5) is 23.7. The number of carbonyl (C=O) groups excluding carboxylic acids is 1. The van der Waals surface area contributed by atoms with Gasteiger partial charge in [0.1, 0.15) is 6.61 Å². The molecule has 1 aliphatic carbocycles. The van der Waals surface area contributed by atoms with Gasteiger partial charge in [0.25, 0.3) is 0 Å². The van der Waals surface area contributed by atoms with Crippen LogP contribution in [0.3, 0.4) is 0 Å². The Labute approximate surface area is 191 Å². The molecule has 0 radical (unpaired) electrons. The van der Waals surface area contributed by atoms with E-state index in [1.165, 1.54) is 30.6 Å². The Morgan fingerprint density at radius 1 is 1.03 bits per heavy atom. The zero-order valence-electron chi connectivity index (χ0n) is 18.5. The van der Waals surface area contributed by atoms with Crippen molar-refractivity contribution in [2.24, 2.45) is 5.92 Å². The van der Waals surface area contributed by atoms with Gasteiger partial charge < -0.3 is 15.2 Å². The molecule has 2 aromatic rings. The van der Waals surface area contributed by atoms with E-state index in [1.54, 1.807) is 30.3 Å². The maximum atomic E-state index is 13.1. The van der Waals surface area contributed by atoms with E-state index >= 15 is 0 Å². The van der Waals surface area contributed by atoms with E-state index < -0.39 is 23.7 Å². The molecule has 0 atom stereocenters. The first kappa shape index (κ1) is 26.2. The highest BCUT2D eigenvalue weighted by Gasteiger charge is 2.31. The smallest absolute Gasteiger partial charge is 0.416 e. The van der Waals surface area contributed by atoms with Crippen LogP contribution in [0.4, 0.5) is 29.3 Å². The second kappa shape index (κ2) is 12.8. The van der Waals surface area contributed by atoms with Gasteiger partial charge in [0, 0.05) is 13.7 Å². The number of para-hydroxylation sites is 1. The molecule has 0 aromatic heterocycles. The standard InChI is InChI=1S/C21H23F3N2O.C3H6O3/c22-21(23,24)17-10-7-13-19(14-17)26(18-11-5-2-6-12-18)20(27)25-15-16-8-3-1-4-9-16;1-6-2-3(4)5/h2,5-7,10-14,16H,1,3-4,8-9,15H2,(H,25,27);2H2,1H3,(H,4,5). The van der Waals surface area contributed by atoms with Gasteiger partial charge in [-0.3, -0.25) is 4.90 Å². The van der Waals surface area contributed by atoms with Crippen LogP contribution in [0.2, 0.25) is 0 Å². The molecule has 1 aliphatic rings. The average Bonchev–Trinajstić information content (AvgIpc) is 2.79. The summed E-state index contributed by atoms with van der Waals surface area (Å²) in [5.41, 5.74) is -0.0591. The maximum absolute atomic E-state index is 13.1. The van der Waals surface area contributed by atoms with Crippen LogP contribution >= 0.6 is 0 Å². The summed E-state index contributed by atoms with van der Waals surface area (Å²) < 4.78 is 43.5. The molecular weight excluding hydrogens is 437 g/mol. The van der Waals surface area contributed by atoms with E-state index in [9.17, 15) is 22.8 Å². The number of hydrogen-bond acceptors (Lipinski definition) is 3. The highest BCUT2D eigenvalue weighted by atomic mass is 19.4. The number of rotatable bonds is 6. The molecule has 2 amide bonds. The lowest BCUT2D eigenvalue weighted by Crippen LogP contribution is -2.39. The van der Waals surface area contributed by atoms with Crippen LogP contribution in [0.25, 0.3) is 0 Å². The second-order valence-electron chi connectivity index (χ2n) is 7.74. The Hall–Kier alpha value is -3.07. The third-order valence-corrected chi connectivity index (χ3v) is 5.18. The number of carboxylic acid groups (broad SMARTS) is 1. The Kier molecular flexibility index (Phi) is 10.2. The minimum absolute atomic E-state index is 0.192. The number of hydrogen-bond donors (Lipinski definition) is 2. The number of amides is 2. The summed E-state index contributed by atoms with van der Waals surface area (Å²) >= 11 is 0. The van der Waals surface area contributed by atoms with Crippen LogP contribution in [0.15, 0.2) is 54.6 Å². The first-order chi connectivity index (χ1) is 15.7. The van der Waals surface area contributed by atoms with Gasteiger partial charge in [-0.15, -0.1) is 0 Å². The fourth-order valence-electron chi connectivity index (χ4n) is 3.61. The van der Waals surface area contributed by atoms with Crippen molar-refractivity contribution in [1.82, 2.24) is 5.32 Å². The molecule has 2 aromatic carbocycles. The zero-order chi connectivity index (χ0) is 24.3. The van der Waals surface area contributed by atoms with Crippen molar-refractivity contribution in [3.8, 4) is 0 Å². The zero-order valence-corrected chi connectivity index (χ0v) is 18.5. The van der Waals surface area contributed by atoms with Crippen molar-refractivity contribution in [2.45, 2.75) is 38.3 Å².